The van der Waals surface area contributed by atoms with Crippen LogP contribution in [0.25, 0.3) is 0 Å². The molecule has 0 spiro atoms. The smallest absolute Gasteiger partial charge is 0.412 e. The molecule has 0 radical (unpaired) electrons. The number of hydrogen-bond acceptors (Lipinski definition) is 7. The lowest BCUT2D eigenvalue weighted by Crippen LogP contribution is -2.66. The van der Waals surface area contributed by atoms with Crippen LogP contribution in [0.4, 0.5) is 10.6 Å². The lowest BCUT2D eigenvalue weighted by atomic mass is 9.90. The van der Waals surface area contributed by atoms with E-state index in [-0.39, 0.29) is 34.4 Å². The van der Waals surface area contributed by atoms with E-state index in [1.807, 2.05) is 13.8 Å². The van der Waals surface area contributed by atoms with Crippen LogP contribution in [0.1, 0.15) is 63.6 Å². The Hall–Kier alpha value is -2.78. The summed E-state index contributed by atoms with van der Waals surface area (Å²) >= 11 is 6.01. The third kappa shape index (κ3) is 3.71. The minimum absolute atomic E-state index is 0.0927. The number of carbonyl (C=O) groups excluding carboxylic acids is 2. The summed E-state index contributed by atoms with van der Waals surface area (Å²) in [7, 11) is 0. The number of anilines is 1. The largest absolute Gasteiger partial charge is 0.416 e. The van der Waals surface area contributed by atoms with Crippen LogP contribution < -0.4 is 4.90 Å². The molecule has 0 aliphatic carbocycles. The number of likely N-dealkylation sites (N-methyl/N-ethyl adjacent to an activating group) is 1. The van der Waals surface area contributed by atoms with Gasteiger partial charge in [-0.15, -0.1) is 0 Å². The van der Waals surface area contributed by atoms with Crippen LogP contribution in [0.3, 0.4) is 0 Å². The highest BCUT2D eigenvalue weighted by molar-refractivity contribution is 6.30. The molecular weight excluding hydrogens is 456 g/mol. The Morgan fingerprint density at radius 1 is 1.24 bits per heavy atom. The normalized spacial score (nSPS) is 24.8. The maximum atomic E-state index is 13.7. The molecule has 2 aromatic rings. The number of ether oxygens (including phenoxy) is 1. The molecule has 1 unspecified atom stereocenters. The number of nitrogens with zero attached hydrogens (tertiary/aromatic N) is 6. The maximum absolute atomic E-state index is 13.7. The van der Waals surface area contributed by atoms with Crippen molar-refractivity contribution in [2.45, 2.75) is 65.8 Å². The van der Waals surface area contributed by atoms with E-state index >= 15 is 0 Å². The second kappa shape index (κ2) is 8.46. The SMILES string of the molecule is [2H]c1nc(N2C(=O)c3nc(C)c(C)nc3[C@]2(C)OC(=O)N2CCN(CC)C(C)C2(C)C)ccc1Cl. The van der Waals surface area contributed by atoms with Crippen LogP contribution in [0, 0.1) is 13.8 Å². The Balaban J connectivity index is 1.79. The molecule has 4 rings (SSSR count). The number of fused-ring (bicyclic) bond motifs is 1. The average Bonchev–Trinajstić information content (AvgIpc) is 2.98. The average molecular weight is 488 g/mol. The molecule has 0 saturated carbocycles. The van der Waals surface area contributed by atoms with Crippen LogP contribution in [0.15, 0.2) is 18.3 Å². The van der Waals surface area contributed by atoms with Crippen LogP contribution in [-0.2, 0) is 10.5 Å². The molecule has 2 aliphatic heterocycles. The van der Waals surface area contributed by atoms with Crippen molar-refractivity contribution in [3.63, 3.8) is 0 Å². The van der Waals surface area contributed by atoms with Gasteiger partial charge in [0.15, 0.2) is 5.69 Å². The molecule has 1 saturated heterocycles. The van der Waals surface area contributed by atoms with Gasteiger partial charge in [-0.25, -0.2) is 24.6 Å². The van der Waals surface area contributed by atoms with Gasteiger partial charge in [-0.1, -0.05) is 18.5 Å². The number of pyridine rings is 1. The van der Waals surface area contributed by atoms with Gasteiger partial charge in [-0.3, -0.25) is 9.69 Å². The predicted octanol–water partition coefficient (Wildman–Crippen LogP) is 3.92. The number of aromatic nitrogens is 3. The molecule has 9 nitrogen and oxygen atoms in total. The van der Waals surface area contributed by atoms with E-state index in [4.69, 9.17) is 17.7 Å². The van der Waals surface area contributed by atoms with E-state index in [0.717, 1.165) is 6.54 Å². The van der Waals surface area contributed by atoms with Crippen LogP contribution in [0.2, 0.25) is 5.02 Å². The summed E-state index contributed by atoms with van der Waals surface area (Å²) in [6.45, 7) is 15.4. The predicted molar refractivity (Wildman–Crippen MR) is 129 cm³/mol. The summed E-state index contributed by atoms with van der Waals surface area (Å²) in [6.07, 6.45) is -0.758. The Morgan fingerprint density at radius 3 is 2.56 bits per heavy atom. The van der Waals surface area contributed by atoms with Gasteiger partial charge in [0.25, 0.3) is 5.91 Å². The van der Waals surface area contributed by atoms with E-state index in [0.29, 0.717) is 24.5 Å². The topological polar surface area (TPSA) is 91.8 Å². The molecule has 2 aromatic heterocycles. The lowest BCUT2D eigenvalue weighted by Gasteiger charge is -2.51. The van der Waals surface area contributed by atoms with Crippen molar-refractivity contribution in [1.82, 2.24) is 24.8 Å². The maximum Gasteiger partial charge on any atom is 0.412 e. The monoisotopic (exact) mass is 487 g/mol. The van der Waals surface area contributed by atoms with Crippen molar-refractivity contribution >= 4 is 29.4 Å². The van der Waals surface area contributed by atoms with Gasteiger partial charge in [0, 0.05) is 32.2 Å². The van der Waals surface area contributed by atoms with Crippen LogP contribution in [0.5, 0.6) is 0 Å². The number of hydrogen-bond donors (Lipinski definition) is 0. The summed E-state index contributed by atoms with van der Waals surface area (Å²) in [4.78, 5) is 45.8. The van der Waals surface area contributed by atoms with Gasteiger partial charge in [0.1, 0.15) is 11.5 Å². The van der Waals surface area contributed by atoms with E-state index in [2.05, 4.69) is 33.7 Å². The number of carbonyl (C=O) groups is 2. The first kappa shape index (κ1) is 23.0. The number of aryl methyl sites for hydroxylation is 2. The zero-order chi connectivity index (χ0) is 25.9. The van der Waals surface area contributed by atoms with Crippen molar-refractivity contribution in [3.05, 3.63) is 46.1 Å². The first-order valence-electron chi connectivity index (χ1n) is 11.9. The zero-order valence-electron chi connectivity index (χ0n) is 21.6. The molecule has 4 heterocycles. The Labute approximate surface area is 206 Å². The molecule has 182 valence electrons. The molecule has 2 amide bonds. The number of halogens is 1. The molecule has 0 bridgehead atoms. The molecule has 2 atom stereocenters. The Bertz CT molecular complexity index is 1210. The second-order valence-corrected chi connectivity index (χ2v) is 9.86. The van der Waals surface area contributed by atoms with Crippen molar-refractivity contribution in [3.8, 4) is 0 Å². The van der Waals surface area contributed by atoms with Gasteiger partial charge in [-0.05, 0) is 53.3 Å². The molecule has 10 heteroatoms. The fourth-order valence-electron chi connectivity index (χ4n) is 4.72. The summed E-state index contributed by atoms with van der Waals surface area (Å²) in [5.74, 6) is -0.387. The summed E-state index contributed by atoms with van der Waals surface area (Å²) in [5, 5.41) is 0.143. The van der Waals surface area contributed by atoms with Crippen molar-refractivity contribution in [2.75, 3.05) is 24.5 Å². The van der Waals surface area contributed by atoms with E-state index in [1.54, 1.807) is 25.7 Å². The fourth-order valence-corrected chi connectivity index (χ4v) is 4.83. The van der Waals surface area contributed by atoms with Gasteiger partial charge in [0.05, 0.1) is 23.3 Å². The Morgan fingerprint density at radius 2 is 1.91 bits per heavy atom. The van der Waals surface area contributed by atoms with Crippen LogP contribution in [-0.4, -0.2) is 68.0 Å². The molecule has 0 N–H and O–H groups in total. The summed E-state index contributed by atoms with van der Waals surface area (Å²) < 4.78 is 14.2. The summed E-state index contributed by atoms with van der Waals surface area (Å²) in [6, 6.07) is 3.10. The van der Waals surface area contributed by atoms with Gasteiger partial charge >= 0.3 is 6.09 Å². The molecule has 0 aromatic carbocycles. The van der Waals surface area contributed by atoms with Gasteiger partial charge in [-0.2, -0.15) is 0 Å². The van der Waals surface area contributed by atoms with Crippen molar-refractivity contribution < 1.29 is 15.7 Å². The third-order valence-corrected chi connectivity index (χ3v) is 7.46. The molecule has 1 fully saturated rings. The fraction of sp³-hybridized carbons (Fsp3) is 0.542. The van der Waals surface area contributed by atoms with Crippen LogP contribution >= 0.6 is 11.6 Å². The Kier molecular flexibility index (Phi) is 5.72. The van der Waals surface area contributed by atoms with E-state index in [9.17, 15) is 9.59 Å². The highest BCUT2D eigenvalue weighted by atomic mass is 35.5. The molecule has 2 aliphatic rings. The quantitative estimate of drug-likeness (QED) is 0.647. The number of amides is 2. The highest BCUT2D eigenvalue weighted by Gasteiger charge is 2.55. The standard InChI is InChI=1S/C24H31ClN6O3/c1-8-29-11-12-30(23(5,6)16(29)4)22(33)34-24(7)20-19(27-14(2)15(3)28-20)21(32)31(24)18-10-9-17(25)13-26-18/h9-10,13,16H,8,11-12H2,1-7H3/t16?,24-/m0/s1/i13D. The van der Waals surface area contributed by atoms with Gasteiger partial charge in [0.2, 0.25) is 5.72 Å². The first-order valence-corrected chi connectivity index (χ1v) is 11.8. The molecular formula is C24H31ClN6O3. The van der Waals surface area contributed by atoms with Gasteiger partial charge < -0.3 is 9.64 Å². The molecule has 34 heavy (non-hydrogen) atoms. The number of rotatable bonds is 3. The van der Waals surface area contributed by atoms with E-state index < -0.39 is 23.3 Å². The van der Waals surface area contributed by atoms with Crippen molar-refractivity contribution in [1.29, 1.82) is 0 Å². The number of piperazine rings is 1. The van der Waals surface area contributed by atoms with E-state index in [1.165, 1.54) is 17.0 Å². The second-order valence-electron chi connectivity index (χ2n) is 9.46. The minimum Gasteiger partial charge on any atom is -0.416 e. The summed E-state index contributed by atoms with van der Waals surface area (Å²) in [5.41, 5.74) is -0.585. The highest BCUT2D eigenvalue weighted by Crippen LogP contribution is 2.42. The first-order chi connectivity index (χ1) is 16.3. The third-order valence-electron chi connectivity index (χ3n) is 7.25. The zero-order valence-corrected chi connectivity index (χ0v) is 21.4. The lowest BCUT2D eigenvalue weighted by molar-refractivity contribution is -0.0540. The minimum atomic E-state index is -1.62. The van der Waals surface area contributed by atoms with Crippen molar-refractivity contribution in [2.24, 2.45) is 0 Å².